The van der Waals surface area contributed by atoms with Gasteiger partial charge in [0.1, 0.15) is 0 Å². The molecule has 0 bridgehead atoms. The first kappa shape index (κ1) is 22.2. The number of piperazine rings is 1. The van der Waals surface area contributed by atoms with Gasteiger partial charge in [0.2, 0.25) is 21.1 Å². The molecule has 1 fully saturated rings. The Balaban J connectivity index is 1.33. The molecule has 32 heavy (non-hydrogen) atoms. The summed E-state index contributed by atoms with van der Waals surface area (Å²) in [6, 6.07) is 10.4. The molecule has 3 aromatic rings. The molecule has 0 spiro atoms. The minimum Gasteiger partial charge on any atom is -0.339 e. The van der Waals surface area contributed by atoms with Crippen LogP contribution in [0, 0.1) is 6.92 Å². The number of thioether (sulfide) groups is 1. The van der Waals surface area contributed by atoms with E-state index < -0.39 is 10.0 Å². The van der Waals surface area contributed by atoms with Gasteiger partial charge in [-0.25, -0.2) is 13.1 Å². The Morgan fingerprint density at radius 2 is 1.81 bits per heavy atom. The lowest BCUT2D eigenvalue weighted by molar-refractivity contribution is -0.129. The molecule has 1 aliphatic heterocycles. The minimum absolute atomic E-state index is 0.103. The second-order valence-electron chi connectivity index (χ2n) is 7.30. The van der Waals surface area contributed by atoms with Gasteiger partial charge in [-0.05, 0) is 31.2 Å². The van der Waals surface area contributed by atoms with Gasteiger partial charge in [0.25, 0.3) is 0 Å². The van der Waals surface area contributed by atoms with Crippen molar-refractivity contribution in [1.82, 2.24) is 29.1 Å². The predicted molar refractivity (Wildman–Crippen MR) is 121 cm³/mol. The van der Waals surface area contributed by atoms with Crippen LogP contribution in [-0.4, -0.2) is 75.3 Å². The van der Waals surface area contributed by atoms with Gasteiger partial charge in [0.05, 0.1) is 10.6 Å². The number of hydrogen-bond acceptors (Lipinski definition) is 8. The first-order valence-electron chi connectivity index (χ1n) is 9.94. The van der Waals surface area contributed by atoms with Crippen LogP contribution in [0.3, 0.4) is 0 Å². The molecule has 1 amide bonds. The molecule has 1 aromatic carbocycles. The number of carbonyl (C=O) groups is 1. The number of rotatable bonds is 6. The fourth-order valence-electron chi connectivity index (χ4n) is 3.32. The molecule has 1 aliphatic rings. The first-order chi connectivity index (χ1) is 15.4. The maximum atomic E-state index is 12.8. The van der Waals surface area contributed by atoms with Crippen LogP contribution in [0.15, 0.2) is 58.8 Å². The standard InChI is InChI=1S/C20H23N7O3S2/c1-15-4-6-17(7-5-15)32(29,30)26-11-9-25(10-12-26)18(28)14-31-20-24-23-19(27(20)21)16-3-2-8-22-13-16/h2-8,13H,9-12,14,21H2,1H3. The summed E-state index contributed by atoms with van der Waals surface area (Å²) in [5.74, 6) is 6.57. The van der Waals surface area contributed by atoms with Crippen molar-refractivity contribution in [1.29, 1.82) is 0 Å². The molecule has 0 radical (unpaired) electrons. The molecule has 3 heterocycles. The van der Waals surface area contributed by atoms with E-state index in [1.807, 2.05) is 13.0 Å². The zero-order chi connectivity index (χ0) is 22.7. The Hall–Kier alpha value is -2.96. The van der Waals surface area contributed by atoms with Crippen molar-refractivity contribution in [3.8, 4) is 11.4 Å². The zero-order valence-corrected chi connectivity index (χ0v) is 19.1. The molecule has 10 nitrogen and oxygen atoms in total. The van der Waals surface area contributed by atoms with E-state index in [4.69, 9.17) is 5.84 Å². The van der Waals surface area contributed by atoms with Gasteiger partial charge in [0.15, 0.2) is 5.82 Å². The van der Waals surface area contributed by atoms with Gasteiger partial charge >= 0.3 is 0 Å². The van der Waals surface area contributed by atoms with E-state index >= 15 is 0 Å². The number of benzene rings is 1. The summed E-state index contributed by atoms with van der Waals surface area (Å²) >= 11 is 1.19. The largest absolute Gasteiger partial charge is 0.339 e. The number of hydrogen-bond donors (Lipinski definition) is 1. The molecule has 0 saturated carbocycles. The summed E-state index contributed by atoms with van der Waals surface area (Å²) < 4.78 is 28.4. The third-order valence-corrected chi connectivity index (χ3v) is 8.00. The number of nitrogens with two attached hydrogens (primary N) is 1. The van der Waals surface area contributed by atoms with Crippen LogP contribution >= 0.6 is 11.8 Å². The molecule has 4 rings (SSSR count). The highest BCUT2D eigenvalue weighted by molar-refractivity contribution is 7.99. The van der Waals surface area contributed by atoms with Crippen molar-refractivity contribution in [3.05, 3.63) is 54.4 Å². The summed E-state index contributed by atoms with van der Waals surface area (Å²) in [4.78, 5) is 18.6. The lowest BCUT2D eigenvalue weighted by Gasteiger charge is -2.34. The van der Waals surface area contributed by atoms with Crippen LogP contribution in [0.1, 0.15) is 5.56 Å². The van der Waals surface area contributed by atoms with E-state index in [1.165, 1.54) is 20.7 Å². The lowest BCUT2D eigenvalue weighted by Crippen LogP contribution is -2.51. The normalized spacial score (nSPS) is 15.1. The number of carbonyl (C=O) groups excluding carboxylic acids is 1. The lowest BCUT2D eigenvalue weighted by atomic mass is 10.2. The number of sulfonamides is 1. The number of aryl methyl sites for hydroxylation is 1. The Morgan fingerprint density at radius 3 is 2.47 bits per heavy atom. The van der Waals surface area contributed by atoms with E-state index in [0.717, 1.165) is 11.1 Å². The Morgan fingerprint density at radius 1 is 1.09 bits per heavy atom. The number of aromatic nitrogens is 4. The third kappa shape index (κ3) is 4.61. The van der Waals surface area contributed by atoms with E-state index in [1.54, 1.807) is 47.6 Å². The molecule has 0 unspecified atom stereocenters. The average Bonchev–Trinajstić information content (AvgIpc) is 3.18. The summed E-state index contributed by atoms with van der Waals surface area (Å²) in [7, 11) is -3.57. The van der Waals surface area contributed by atoms with Gasteiger partial charge in [0, 0.05) is 44.1 Å². The molecular weight excluding hydrogens is 450 g/mol. The van der Waals surface area contributed by atoms with Gasteiger partial charge in [-0.1, -0.05) is 29.5 Å². The number of amides is 1. The van der Waals surface area contributed by atoms with Crippen LogP contribution in [0.25, 0.3) is 11.4 Å². The Bertz CT molecular complexity index is 1190. The molecule has 0 atom stereocenters. The number of nitrogens with zero attached hydrogens (tertiary/aromatic N) is 6. The minimum atomic E-state index is -3.57. The van der Waals surface area contributed by atoms with E-state index in [2.05, 4.69) is 15.2 Å². The van der Waals surface area contributed by atoms with Crippen molar-refractivity contribution in [2.45, 2.75) is 17.0 Å². The van der Waals surface area contributed by atoms with Gasteiger partial charge < -0.3 is 10.7 Å². The van der Waals surface area contributed by atoms with Crippen LogP contribution < -0.4 is 5.84 Å². The molecule has 168 valence electrons. The predicted octanol–water partition coefficient (Wildman–Crippen LogP) is 0.988. The second-order valence-corrected chi connectivity index (χ2v) is 10.2. The molecule has 1 saturated heterocycles. The van der Waals surface area contributed by atoms with Crippen molar-refractivity contribution in [2.24, 2.45) is 0 Å². The molecule has 12 heteroatoms. The maximum Gasteiger partial charge on any atom is 0.243 e. The van der Waals surface area contributed by atoms with E-state index in [0.29, 0.717) is 24.1 Å². The van der Waals surface area contributed by atoms with E-state index in [9.17, 15) is 13.2 Å². The highest BCUT2D eigenvalue weighted by Gasteiger charge is 2.30. The molecular formula is C20H23N7O3S2. The summed E-state index contributed by atoms with van der Waals surface area (Å²) in [6.45, 7) is 3.09. The van der Waals surface area contributed by atoms with Crippen molar-refractivity contribution < 1.29 is 13.2 Å². The first-order valence-corrected chi connectivity index (χ1v) is 12.4. The number of pyridine rings is 1. The number of nitrogen functional groups attached to an aromatic ring is 1. The van der Waals surface area contributed by atoms with Crippen molar-refractivity contribution in [2.75, 3.05) is 37.8 Å². The van der Waals surface area contributed by atoms with Gasteiger partial charge in [-0.3, -0.25) is 9.78 Å². The maximum absolute atomic E-state index is 12.8. The monoisotopic (exact) mass is 473 g/mol. The van der Waals surface area contributed by atoms with Crippen LogP contribution in [0.2, 0.25) is 0 Å². The summed E-state index contributed by atoms with van der Waals surface area (Å²) in [5, 5.41) is 8.55. The van der Waals surface area contributed by atoms with Gasteiger partial charge in [-0.2, -0.15) is 4.31 Å². The van der Waals surface area contributed by atoms with Crippen molar-refractivity contribution >= 4 is 27.7 Å². The van der Waals surface area contributed by atoms with Crippen molar-refractivity contribution in [3.63, 3.8) is 0 Å². The highest BCUT2D eigenvalue weighted by Crippen LogP contribution is 2.22. The molecule has 0 aliphatic carbocycles. The van der Waals surface area contributed by atoms with Crippen LogP contribution in [-0.2, 0) is 14.8 Å². The Kier molecular flexibility index (Phi) is 6.44. The summed E-state index contributed by atoms with van der Waals surface area (Å²) in [6.07, 6.45) is 3.29. The summed E-state index contributed by atoms with van der Waals surface area (Å²) in [5.41, 5.74) is 1.73. The quantitative estimate of drug-likeness (QED) is 0.415. The van der Waals surface area contributed by atoms with Crippen LogP contribution in [0.5, 0.6) is 0 Å². The fourth-order valence-corrected chi connectivity index (χ4v) is 5.50. The molecule has 2 aromatic heterocycles. The van der Waals surface area contributed by atoms with E-state index in [-0.39, 0.29) is 29.6 Å². The topological polar surface area (TPSA) is 127 Å². The SMILES string of the molecule is Cc1ccc(S(=O)(=O)N2CCN(C(=O)CSc3nnc(-c4cccnc4)n3N)CC2)cc1. The molecule has 2 N–H and O–H groups in total. The smallest absolute Gasteiger partial charge is 0.243 e. The average molecular weight is 474 g/mol. The third-order valence-electron chi connectivity index (χ3n) is 5.16. The van der Waals surface area contributed by atoms with Gasteiger partial charge in [-0.15, -0.1) is 10.2 Å². The highest BCUT2D eigenvalue weighted by atomic mass is 32.2. The Labute approximate surface area is 190 Å². The fraction of sp³-hybridized carbons (Fsp3) is 0.300. The second kappa shape index (κ2) is 9.27. The van der Waals surface area contributed by atoms with Crippen LogP contribution in [0.4, 0.5) is 0 Å². The zero-order valence-electron chi connectivity index (χ0n) is 17.5.